The fraction of sp³-hybridized carbons (Fsp3) is 0.381. The smallest absolute Gasteiger partial charge is 0.307 e. The summed E-state index contributed by atoms with van der Waals surface area (Å²) < 4.78 is 5.21. The summed E-state index contributed by atoms with van der Waals surface area (Å²) in [6, 6.07) is 9.09. The molecule has 5 heteroatoms. The van der Waals surface area contributed by atoms with Crippen LogP contribution in [0.2, 0.25) is 0 Å². The van der Waals surface area contributed by atoms with Crippen LogP contribution in [0.25, 0.3) is 0 Å². The molecule has 0 radical (unpaired) electrons. The normalized spacial score (nSPS) is 21.9. The quantitative estimate of drug-likeness (QED) is 0.784. The van der Waals surface area contributed by atoms with Crippen LogP contribution in [-0.2, 0) is 11.2 Å². The molecule has 0 aliphatic heterocycles. The predicted octanol–water partition coefficient (Wildman–Crippen LogP) is 3.01. The number of carbonyl (C=O) groups is 1. The van der Waals surface area contributed by atoms with E-state index in [9.17, 15) is 20.1 Å². The maximum Gasteiger partial charge on any atom is 0.307 e. The molecule has 1 aliphatic rings. The number of fused-ring (bicyclic) bond motifs is 1. The summed E-state index contributed by atoms with van der Waals surface area (Å²) >= 11 is 0. The van der Waals surface area contributed by atoms with Crippen LogP contribution in [0.1, 0.15) is 33.7 Å². The molecule has 5 nitrogen and oxygen atoms in total. The maximum absolute atomic E-state index is 12.1. The van der Waals surface area contributed by atoms with Gasteiger partial charge in [-0.1, -0.05) is 18.2 Å². The van der Waals surface area contributed by atoms with E-state index >= 15 is 0 Å². The van der Waals surface area contributed by atoms with Crippen LogP contribution in [0, 0.1) is 25.7 Å². The molecule has 3 rings (SSSR count). The standard InChI is InChI=1S/C21H24O5/c1-11-6-14-8-15(10-22)20(21(24)25)19(16(14)7-12(11)2)13-4-5-17(23)18(9-13)26-3/h4-7,9,15,19-20,22-23H,8,10H2,1-3H3,(H,24,25)/t15-,19-,20-/m1/s1. The van der Waals surface area contributed by atoms with Crippen LogP contribution < -0.4 is 4.74 Å². The van der Waals surface area contributed by atoms with Gasteiger partial charge in [0.2, 0.25) is 0 Å². The van der Waals surface area contributed by atoms with Crippen LogP contribution in [0.5, 0.6) is 11.5 Å². The summed E-state index contributed by atoms with van der Waals surface area (Å²) in [5.74, 6) is -2.14. The predicted molar refractivity (Wildman–Crippen MR) is 97.8 cm³/mol. The van der Waals surface area contributed by atoms with Crippen molar-refractivity contribution in [3.8, 4) is 11.5 Å². The van der Waals surface area contributed by atoms with Crippen molar-refractivity contribution >= 4 is 5.97 Å². The Morgan fingerprint density at radius 3 is 2.50 bits per heavy atom. The topological polar surface area (TPSA) is 87.0 Å². The summed E-state index contributed by atoms with van der Waals surface area (Å²) in [4.78, 5) is 12.1. The van der Waals surface area contributed by atoms with E-state index in [2.05, 4.69) is 12.1 Å². The molecular weight excluding hydrogens is 332 g/mol. The van der Waals surface area contributed by atoms with Crippen LogP contribution in [0.15, 0.2) is 30.3 Å². The number of aromatic hydroxyl groups is 1. The Morgan fingerprint density at radius 2 is 1.88 bits per heavy atom. The number of phenols is 1. The highest BCUT2D eigenvalue weighted by Gasteiger charge is 2.42. The Morgan fingerprint density at radius 1 is 1.19 bits per heavy atom. The number of aliphatic carboxylic acids is 1. The molecule has 2 aromatic rings. The first-order valence-electron chi connectivity index (χ1n) is 8.68. The average Bonchev–Trinajstić information content (AvgIpc) is 2.61. The Labute approximate surface area is 152 Å². The van der Waals surface area contributed by atoms with E-state index in [0.29, 0.717) is 12.2 Å². The molecule has 0 unspecified atom stereocenters. The number of carboxylic acids is 1. The minimum Gasteiger partial charge on any atom is -0.504 e. The second-order valence-corrected chi connectivity index (χ2v) is 7.06. The largest absolute Gasteiger partial charge is 0.504 e. The van der Waals surface area contributed by atoms with E-state index in [1.165, 1.54) is 13.2 Å². The van der Waals surface area contributed by atoms with E-state index in [1.807, 2.05) is 13.8 Å². The Kier molecular flexibility index (Phi) is 4.92. The monoisotopic (exact) mass is 356 g/mol. The molecule has 1 aliphatic carbocycles. The van der Waals surface area contributed by atoms with Gasteiger partial charge in [0, 0.05) is 18.4 Å². The van der Waals surface area contributed by atoms with Crippen molar-refractivity contribution in [2.45, 2.75) is 26.2 Å². The van der Waals surface area contributed by atoms with Crippen molar-refractivity contribution in [1.29, 1.82) is 0 Å². The third-order valence-electron chi connectivity index (χ3n) is 5.52. The first-order chi connectivity index (χ1) is 12.4. The first kappa shape index (κ1) is 18.3. The number of carboxylic acid groups (broad SMARTS) is 1. The van der Waals surface area contributed by atoms with Crippen LogP contribution in [0.3, 0.4) is 0 Å². The highest BCUT2D eigenvalue weighted by molar-refractivity contribution is 5.74. The van der Waals surface area contributed by atoms with Gasteiger partial charge < -0.3 is 20.1 Å². The van der Waals surface area contributed by atoms with Crippen molar-refractivity contribution < 1.29 is 24.9 Å². The van der Waals surface area contributed by atoms with E-state index in [1.54, 1.807) is 12.1 Å². The Hall–Kier alpha value is -2.53. The van der Waals surface area contributed by atoms with Crippen molar-refractivity contribution in [3.63, 3.8) is 0 Å². The molecule has 0 aromatic heterocycles. The van der Waals surface area contributed by atoms with Crippen LogP contribution >= 0.6 is 0 Å². The van der Waals surface area contributed by atoms with Gasteiger partial charge in [-0.15, -0.1) is 0 Å². The van der Waals surface area contributed by atoms with E-state index in [-0.39, 0.29) is 18.3 Å². The zero-order valence-corrected chi connectivity index (χ0v) is 15.2. The minimum atomic E-state index is -0.926. The Bertz CT molecular complexity index is 843. The van der Waals surface area contributed by atoms with Gasteiger partial charge in [-0.25, -0.2) is 0 Å². The van der Waals surface area contributed by atoms with E-state index < -0.39 is 17.8 Å². The van der Waals surface area contributed by atoms with Crippen molar-refractivity contribution in [2.75, 3.05) is 13.7 Å². The lowest BCUT2D eigenvalue weighted by Gasteiger charge is -2.37. The lowest BCUT2D eigenvalue weighted by Crippen LogP contribution is -2.38. The van der Waals surface area contributed by atoms with Gasteiger partial charge in [-0.2, -0.15) is 0 Å². The zero-order valence-electron chi connectivity index (χ0n) is 15.2. The molecule has 0 saturated carbocycles. The van der Waals surface area contributed by atoms with Gasteiger partial charge in [0.1, 0.15) is 0 Å². The van der Waals surface area contributed by atoms with Gasteiger partial charge in [0.25, 0.3) is 0 Å². The summed E-state index contributed by atoms with van der Waals surface area (Å²) in [6.07, 6.45) is 0.537. The average molecular weight is 356 g/mol. The van der Waals surface area contributed by atoms with Crippen molar-refractivity contribution in [1.82, 2.24) is 0 Å². The van der Waals surface area contributed by atoms with Gasteiger partial charge in [-0.05, 0) is 60.2 Å². The molecule has 2 aromatic carbocycles. The second-order valence-electron chi connectivity index (χ2n) is 7.06. The number of hydrogen-bond donors (Lipinski definition) is 3. The minimum absolute atomic E-state index is 0.0120. The second kappa shape index (κ2) is 7.00. The number of aryl methyl sites for hydroxylation is 2. The van der Waals surface area contributed by atoms with Gasteiger partial charge in [-0.3, -0.25) is 4.79 Å². The Balaban J connectivity index is 2.24. The fourth-order valence-electron chi connectivity index (χ4n) is 4.04. The first-order valence-corrected chi connectivity index (χ1v) is 8.68. The van der Waals surface area contributed by atoms with Crippen LogP contribution in [-0.4, -0.2) is 35.0 Å². The third kappa shape index (κ3) is 3.03. The van der Waals surface area contributed by atoms with Crippen molar-refractivity contribution in [2.24, 2.45) is 11.8 Å². The number of aliphatic hydroxyl groups is 1. The fourth-order valence-corrected chi connectivity index (χ4v) is 4.04. The lowest BCUT2D eigenvalue weighted by atomic mass is 9.66. The molecule has 0 spiro atoms. The highest BCUT2D eigenvalue weighted by atomic mass is 16.5. The number of benzene rings is 2. The van der Waals surface area contributed by atoms with Crippen LogP contribution in [0.4, 0.5) is 0 Å². The lowest BCUT2D eigenvalue weighted by molar-refractivity contribution is -0.145. The third-order valence-corrected chi connectivity index (χ3v) is 5.52. The van der Waals surface area contributed by atoms with Crippen molar-refractivity contribution in [3.05, 3.63) is 58.1 Å². The highest BCUT2D eigenvalue weighted by Crippen LogP contribution is 2.46. The molecule has 0 bridgehead atoms. The SMILES string of the molecule is COc1cc([C@@H]2c3cc(C)c(C)cc3C[C@H](CO)[C@H]2C(=O)O)ccc1O. The molecule has 0 heterocycles. The van der Waals surface area contributed by atoms with Gasteiger partial charge in [0.15, 0.2) is 11.5 Å². The van der Waals surface area contributed by atoms with Gasteiger partial charge in [0.05, 0.1) is 13.0 Å². The summed E-state index contributed by atoms with van der Waals surface area (Å²) in [5, 5.41) is 29.7. The molecule has 3 atom stereocenters. The molecule has 26 heavy (non-hydrogen) atoms. The number of aliphatic hydroxyl groups excluding tert-OH is 1. The number of hydrogen-bond acceptors (Lipinski definition) is 4. The summed E-state index contributed by atoms with van der Waals surface area (Å²) in [6.45, 7) is 3.86. The number of methoxy groups -OCH3 is 1. The molecule has 3 N–H and O–H groups in total. The molecule has 0 saturated heterocycles. The van der Waals surface area contributed by atoms with E-state index in [4.69, 9.17) is 4.74 Å². The number of ether oxygens (including phenoxy) is 1. The molecule has 138 valence electrons. The summed E-state index contributed by atoms with van der Waals surface area (Å²) in [7, 11) is 1.46. The van der Waals surface area contributed by atoms with E-state index in [0.717, 1.165) is 27.8 Å². The summed E-state index contributed by atoms with van der Waals surface area (Å²) in [5.41, 5.74) is 5.05. The number of phenolic OH excluding ortho intramolecular Hbond substituents is 1. The molecule has 0 fully saturated rings. The maximum atomic E-state index is 12.1. The molecular formula is C21H24O5. The van der Waals surface area contributed by atoms with Gasteiger partial charge >= 0.3 is 5.97 Å². The zero-order chi connectivity index (χ0) is 19.0. The molecule has 0 amide bonds. The number of rotatable bonds is 4.